The molecule has 1 aliphatic rings. The van der Waals surface area contributed by atoms with Crippen LogP contribution in [0.4, 0.5) is 17.1 Å². The standard InChI is InChI=1S/C21H24Cl2N4O/c1-13-6-8-27(9-7-13)19-12-15(22)17(11-16(19)23)24-14-4-5-18-20(10-14)26(3)21(28)25(18)2/h4-5,10-13,24H,6-9H2,1-3H3. The zero-order chi connectivity index (χ0) is 20.0. The average Bonchev–Trinajstić information content (AvgIpc) is 2.89. The molecule has 2 heterocycles. The Bertz CT molecular complexity index is 1090. The van der Waals surface area contributed by atoms with Gasteiger partial charge in [-0.05, 0) is 49.1 Å². The van der Waals surface area contributed by atoms with Crippen molar-refractivity contribution in [2.75, 3.05) is 23.3 Å². The number of nitrogens with zero attached hydrogens (tertiary/aromatic N) is 3. The summed E-state index contributed by atoms with van der Waals surface area (Å²) in [5, 5.41) is 4.65. The van der Waals surface area contributed by atoms with Gasteiger partial charge in [-0.2, -0.15) is 0 Å². The number of aryl methyl sites for hydroxylation is 2. The van der Waals surface area contributed by atoms with E-state index >= 15 is 0 Å². The first kappa shape index (κ1) is 19.2. The largest absolute Gasteiger partial charge is 0.370 e. The molecule has 0 unspecified atom stereocenters. The van der Waals surface area contributed by atoms with Crippen LogP contribution in [0.2, 0.25) is 10.0 Å². The molecule has 4 rings (SSSR count). The molecule has 0 bridgehead atoms. The lowest BCUT2D eigenvalue weighted by Gasteiger charge is -2.33. The van der Waals surface area contributed by atoms with Crippen LogP contribution in [0.25, 0.3) is 11.0 Å². The molecule has 0 atom stereocenters. The van der Waals surface area contributed by atoms with Crippen molar-refractivity contribution < 1.29 is 0 Å². The van der Waals surface area contributed by atoms with Crippen molar-refractivity contribution in [2.45, 2.75) is 19.8 Å². The number of anilines is 3. The summed E-state index contributed by atoms with van der Waals surface area (Å²) in [6, 6.07) is 9.63. The number of nitrogens with one attached hydrogen (secondary N) is 1. The van der Waals surface area contributed by atoms with E-state index in [0.717, 1.165) is 47.1 Å². The van der Waals surface area contributed by atoms with Crippen LogP contribution < -0.4 is 15.9 Å². The lowest BCUT2D eigenvalue weighted by Crippen LogP contribution is -2.32. The summed E-state index contributed by atoms with van der Waals surface area (Å²) in [6.07, 6.45) is 2.34. The van der Waals surface area contributed by atoms with E-state index in [1.807, 2.05) is 30.3 Å². The number of fused-ring (bicyclic) bond motifs is 1. The summed E-state index contributed by atoms with van der Waals surface area (Å²) in [7, 11) is 3.54. The molecule has 0 amide bonds. The number of rotatable bonds is 3. The Morgan fingerprint density at radius 3 is 2.36 bits per heavy atom. The van der Waals surface area contributed by atoms with Gasteiger partial charge < -0.3 is 10.2 Å². The third-order valence-electron chi connectivity index (χ3n) is 5.71. The molecule has 0 saturated carbocycles. The van der Waals surface area contributed by atoms with Gasteiger partial charge in [0, 0.05) is 32.9 Å². The molecule has 2 aromatic carbocycles. The Labute approximate surface area is 174 Å². The van der Waals surface area contributed by atoms with Gasteiger partial charge in [-0.15, -0.1) is 0 Å². The van der Waals surface area contributed by atoms with Crippen molar-refractivity contribution in [3.8, 4) is 0 Å². The molecule has 1 N–H and O–H groups in total. The fraction of sp³-hybridized carbons (Fsp3) is 0.381. The van der Waals surface area contributed by atoms with Gasteiger partial charge in [0.15, 0.2) is 0 Å². The van der Waals surface area contributed by atoms with Crippen LogP contribution in [-0.2, 0) is 14.1 Å². The van der Waals surface area contributed by atoms with Crippen LogP contribution in [0.3, 0.4) is 0 Å². The quantitative estimate of drug-likeness (QED) is 0.638. The number of imidazole rings is 1. The van der Waals surface area contributed by atoms with Crippen molar-refractivity contribution in [2.24, 2.45) is 20.0 Å². The minimum absolute atomic E-state index is 0.0478. The lowest BCUT2D eigenvalue weighted by atomic mass is 9.99. The van der Waals surface area contributed by atoms with E-state index in [-0.39, 0.29) is 5.69 Å². The monoisotopic (exact) mass is 418 g/mol. The van der Waals surface area contributed by atoms with E-state index in [4.69, 9.17) is 23.2 Å². The van der Waals surface area contributed by atoms with Crippen LogP contribution in [0, 0.1) is 5.92 Å². The second-order valence-electron chi connectivity index (χ2n) is 7.68. The highest BCUT2D eigenvalue weighted by Gasteiger charge is 2.19. The Balaban J connectivity index is 1.63. The van der Waals surface area contributed by atoms with Gasteiger partial charge in [0.2, 0.25) is 0 Å². The Morgan fingerprint density at radius 1 is 0.964 bits per heavy atom. The highest BCUT2D eigenvalue weighted by Crippen LogP contribution is 2.38. The molecule has 0 radical (unpaired) electrons. The number of halogens is 2. The highest BCUT2D eigenvalue weighted by atomic mass is 35.5. The van der Waals surface area contributed by atoms with Crippen LogP contribution in [0.1, 0.15) is 19.8 Å². The lowest BCUT2D eigenvalue weighted by molar-refractivity contribution is 0.438. The number of aromatic nitrogens is 2. The van der Waals surface area contributed by atoms with Crippen LogP contribution in [-0.4, -0.2) is 22.2 Å². The second kappa shape index (κ2) is 7.37. The van der Waals surface area contributed by atoms with E-state index in [1.165, 1.54) is 12.8 Å². The van der Waals surface area contributed by atoms with Gasteiger partial charge in [-0.25, -0.2) is 4.79 Å². The van der Waals surface area contributed by atoms with Gasteiger partial charge in [0.05, 0.1) is 32.5 Å². The van der Waals surface area contributed by atoms with E-state index in [9.17, 15) is 4.79 Å². The first-order chi connectivity index (χ1) is 13.3. The molecule has 148 valence electrons. The molecule has 1 fully saturated rings. The van der Waals surface area contributed by atoms with Crippen molar-refractivity contribution in [3.63, 3.8) is 0 Å². The molecule has 1 aliphatic heterocycles. The zero-order valence-electron chi connectivity index (χ0n) is 16.3. The maximum atomic E-state index is 12.1. The molecule has 0 spiro atoms. The molecule has 5 nitrogen and oxygen atoms in total. The van der Waals surface area contributed by atoms with Gasteiger partial charge in [0.25, 0.3) is 0 Å². The summed E-state index contributed by atoms with van der Waals surface area (Å²) < 4.78 is 3.27. The number of hydrogen-bond donors (Lipinski definition) is 1. The van der Waals surface area contributed by atoms with Gasteiger partial charge in [0.1, 0.15) is 0 Å². The normalized spacial score (nSPS) is 15.4. The molecule has 3 aromatic rings. The Morgan fingerprint density at radius 2 is 1.64 bits per heavy atom. The van der Waals surface area contributed by atoms with Gasteiger partial charge in [-0.3, -0.25) is 9.13 Å². The summed E-state index contributed by atoms with van der Waals surface area (Å²) in [6.45, 7) is 4.30. The molecule has 1 saturated heterocycles. The van der Waals surface area contributed by atoms with Crippen molar-refractivity contribution in [1.29, 1.82) is 0 Å². The van der Waals surface area contributed by atoms with E-state index in [1.54, 1.807) is 23.2 Å². The number of hydrogen-bond acceptors (Lipinski definition) is 3. The summed E-state index contributed by atoms with van der Waals surface area (Å²) in [4.78, 5) is 14.4. The highest BCUT2D eigenvalue weighted by molar-refractivity contribution is 6.37. The molecule has 1 aromatic heterocycles. The Kier molecular flexibility index (Phi) is 5.06. The first-order valence-corrected chi connectivity index (χ1v) is 10.3. The van der Waals surface area contributed by atoms with Gasteiger partial charge >= 0.3 is 5.69 Å². The SMILES string of the molecule is CC1CCN(c2cc(Cl)c(Nc3ccc4c(c3)n(C)c(=O)n4C)cc2Cl)CC1. The van der Waals surface area contributed by atoms with Crippen molar-refractivity contribution in [1.82, 2.24) is 9.13 Å². The molecular formula is C21H24Cl2N4O. The van der Waals surface area contributed by atoms with Crippen molar-refractivity contribution in [3.05, 3.63) is 50.9 Å². The molecule has 28 heavy (non-hydrogen) atoms. The smallest absolute Gasteiger partial charge is 0.328 e. The fourth-order valence-corrected chi connectivity index (χ4v) is 4.35. The minimum atomic E-state index is -0.0478. The summed E-state index contributed by atoms with van der Waals surface area (Å²) >= 11 is 13.2. The third-order valence-corrected chi connectivity index (χ3v) is 6.33. The number of benzene rings is 2. The predicted molar refractivity (Wildman–Crippen MR) is 119 cm³/mol. The van der Waals surface area contributed by atoms with E-state index in [0.29, 0.717) is 10.0 Å². The van der Waals surface area contributed by atoms with Crippen molar-refractivity contribution >= 4 is 51.3 Å². The van der Waals surface area contributed by atoms with Gasteiger partial charge in [-0.1, -0.05) is 30.1 Å². The number of piperidine rings is 1. The molecule has 0 aliphatic carbocycles. The average molecular weight is 419 g/mol. The Hall–Kier alpha value is -2.11. The maximum Gasteiger partial charge on any atom is 0.328 e. The van der Waals surface area contributed by atoms with E-state index < -0.39 is 0 Å². The summed E-state index contributed by atoms with van der Waals surface area (Å²) in [5.41, 5.74) is 4.29. The topological polar surface area (TPSA) is 42.2 Å². The predicted octanol–water partition coefficient (Wildman–Crippen LogP) is 5.16. The third kappa shape index (κ3) is 3.38. The second-order valence-corrected chi connectivity index (χ2v) is 8.50. The maximum absolute atomic E-state index is 12.1. The molecular weight excluding hydrogens is 395 g/mol. The van der Waals surface area contributed by atoms with E-state index in [2.05, 4.69) is 17.1 Å². The fourth-order valence-electron chi connectivity index (χ4n) is 3.86. The first-order valence-electron chi connectivity index (χ1n) is 9.51. The van der Waals surface area contributed by atoms with Crippen LogP contribution in [0.5, 0.6) is 0 Å². The van der Waals surface area contributed by atoms with Crippen LogP contribution in [0.15, 0.2) is 35.1 Å². The van der Waals surface area contributed by atoms with Crippen LogP contribution >= 0.6 is 23.2 Å². The minimum Gasteiger partial charge on any atom is -0.370 e. The summed E-state index contributed by atoms with van der Waals surface area (Å²) in [5.74, 6) is 0.760. The zero-order valence-corrected chi connectivity index (χ0v) is 17.8. The molecule has 7 heteroatoms.